The van der Waals surface area contributed by atoms with Gasteiger partial charge in [0.2, 0.25) is 0 Å². The molecule has 0 aliphatic carbocycles. The van der Waals surface area contributed by atoms with Gasteiger partial charge in [0.25, 0.3) is 0 Å². The van der Waals surface area contributed by atoms with E-state index in [1.165, 1.54) is 16.2 Å². The molecule has 2 nitrogen and oxygen atoms in total. The van der Waals surface area contributed by atoms with Crippen molar-refractivity contribution < 1.29 is 4.74 Å². The predicted molar refractivity (Wildman–Crippen MR) is 96.1 cm³/mol. The van der Waals surface area contributed by atoms with Crippen LogP contribution in [-0.2, 0) is 4.74 Å². The van der Waals surface area contributed by atoms with Crippen LogP contribution in [0.2, 0.25) is 0 Å². The van der Waals surface area contributed by atoms with Gasteiger partial charge in [0.15, 0.2) is 5.90 Å². The summed E-state index contributed by atoms with van der Waals surface area (Å²) in [6, 6.07) is 19.4. The Bertz CT molecular complexity index is 673. The van der Waals surface area contributed by atoms with Crippen molar-refractivity contribution in [3.63, 3.8) is 0 Å². The van der Waals surface area contributed by atoms with Gasteiger partial charge >= 0.3 is 0 Å². The predicted octanol–water partition coefficient (Wildman–Crippen LogP) is 3.83. The molecule has 1 heterocycles. The lowest BCUT2D eigenvalue weighted by molar-refractivity contribution is 0.283. The third kappa shape index (κ3) is 3.39. The highest BCUT2D eigenvalue weighted by molar-refractivity contribution is 7.55. The van der Waals surface area contributed by atoms with Gasteiger partial charge in [-0.2, -0.15) is 0 Å². The van der Waals surface area contributed by atoms with E-state index in [1.807, 2.05) is 0 Å². The van der Waals surface area contributed by atoms with Gasteiger partial charge < -0.3 is 4.74 Å². The Kier molecular flexibility index (Phi) is 4.31. The van der Waals surface area contributed by atoms with Crippen molar-refractivity contribution in [3.8, 4) is 0 Å². The van der Waals surface area contributed by atoms with Gasteiger partial charge in [-0.05, 0) is 16.2 Å². The second kappa shape index (κ2) is 6.22. The van der Waals surface area contributed by atoms with Crippen molar-refractivity contribution >= 4 is 25.1 Å². The standard InChI is InChI=1S/C19H22NOP/c1-19(2,3)18-20-16(13-21-18)15-11-7-8-12-17(15)22-14-9-5-4-6-10-14/h4-12,16,22H,13H2,1-3H3/t16-/m1/s1. The van der Waals surface area contributed by atoms with E-state index < -0.39 is 0 Å². The minimum atomic E-state index is -0.0224. The maximum Gasteiger partial charge on any atom is 0.189 e. The molecule has 0 aromatic heterocycles. The van der Waals surface area contributed by atoms with Crippen LogP contribution in [0.1, 0.15) is 32.4 Å². The average Bonchev–Trinajstić information content (AvgIpc) is 2.99. The third-order valence-corrected chi connectivity index (χ3v) is 5.01. The van der Waals surface area contributed by atoms with E-state index in [0.717, 1.165) is 5.90 Å². The van der Waals surface area contributed by atoms with Gasteiger partial charge in [-0.3, -0.25) is 0 Å². The first-order valence-corrected chi connectivity index (χ1v) is 8.66. The summed E-state index contributed by atoms with van der Waals surface area (Å²) in [7, 11) is 0.656. The maximum absolute atomic E-state index is 5.84. The lowest BCUT2D eigenvalue weighted by Gasteiger charge is -2.16. The molecule has 1 unspecified atom stereocenters. The highest BCUT2D eigenvalue weighted by atomic mass is 31.1. The Morgan fingerprint density at radius 2 is 1.68 bits per heavy atom. The van der Waals surface area contributed by atoms with Crippen molar-refractivity contribution in [1.29, 1.82) is 0 Å². The second-order valence-electron chi connectivity index (χ2n) is 6.59. The van der Waals surface area contributed by atoms with Gasteiger partial charge in [-0.25, -0.2) is 4.99 Å². The van der Waals surface area contributed by atoms with Gasteiger partial charge in [0, 0.05) is 5.41 Å². The lowest BCUT2D eigenvalue weighted by Crippen LogP contribution is -2.20. The first-order chi connectivity index (χ1) is 10.5. The number of rotatable bonds is 3. The summed E-state index contributed by atoms with van der Waals surface area (Å²) >= 11 is 0. The molecule has 2 aromatic carbocycles. The number of aliphatic imine (C=N–C) groups is 1. The Morgan fingerprint density at radius 1 is 1.00 bits per heavy atom. The van der Waals surface area contributed by atoms with Gasteiger partial charge in [-0.1, -0.05) is 83.9 Å². The smallest absolute Gasteiger partial charge is 0.189 e. The summed E-state index contributed by atoms with van der Waals surface area (Å²) in [6.07, 6.45) is 0. The Labute approximate surface area is 134 Å². The van der Waals surface area contributed by atoms with E-state index >= 15 is 0 Å². The fourth-order valence-corrected chi connectivity index (χ4v) is 3.77. The van der Waals surface area contributed by atoms with Crippen LogP contribution >= 0.6 is 8.58 Å². The summed E-state index contributed by atoms with van der Waals surface area (Å²) in [5.41, 5.74) is 1.27. The number of benzene rings is 2. The van der Waals surface area contributed by atoms with Crippen LogP contribution in [0, 0.1) is 5.41 Å². The van der Waals surface area contributed by atoms with E-state index in [-0.39, 0.29) is 11.5 Å². The minimum Gasteiger partial charge on any atom is -0.478 e. The quantitative estimate of drug-likeness (QED) is 0.789. The molecule has 1 aliphatic heterocycles. The molecule has 0 spiro atoms. The summed E-state index contributed by atoms with van der Waals surface area (Å²) < 4.78 is 5.84. The summed E-state index contributed by atoms with van der Waals surface area (Å²) in [5, 5.41) is 2.72. The Balaban J connectivity index is 1.88. The number of hydrogen-bond acceptors (Lipinski definition) is 2. The van der Waals surface area contributed by atoms with Gasteiger partial charge in [-0.15, -0.1) is 0 Å². The summed E-state index contributed by atoms with van der Waals surface area (Å²) in [4.78, 5) is 4.83. The molecular weight excluding hydrogens is 289 g/mol. The zero-order chi connectivity index (χ0) is 15.6. The molecule has 22 heavy (non-hydrogen) atoms. The van der Waals surface area contributed by atoms with Crippen LogP contribution in [0.15, 0.2) is 59.6 Å². The van der Waals surface area contributed by atoms with E-state index in [4.69, 9.17) is 9.73 Å². The fourth-order valence-electron chi connectivity index (χ4n) is 2.52. The maximum atomic E-state index is 5.84. The zero-order valence-electron chi connectivity index (χ0n) is 13.3. The SMILES string of the molecule is CC(C)(C)C1=N[C@@H](c2ccccc2Pc2ccccc2)CO1. The molecule has 114 valence electrons. The molecule has 0 radical (unpaired) electrons. The van der Waals surface area contributed by atoms with E-state index in [1.54, 1.807) is 0 Å². The second-order valence-corrected chi connectivity index (χ2v) is 7.96. The fraction of sp³-hybridized carbons (Fsp3) is 0.316. The molecular formula is C19H22NOP. The Morgan fingerprint density at radius 3 is 2.36 bits per heavy atom. The molecule has 0 saturated heterocycles. The van der Waals surface area contributed by atoms with E-state index in [2.05, 4.69) is 75.4 Å². The molecule has 3 heteroatoms. The first kappa shape index (κ1) is 15.2. The van der Waals surface area contributed by atoms with Crippen molar-refractivity contribution in [2.45, 2.75) is 26.8 Å². The molecule has 0 N–H and O–H groups in total. The van der Waals surface area contributed by atoms with Gasteiger partial charge in [0.05, 0.1) is 0 Å². The molecule has 2 aromatic rings. The largest absolute Gasteiger partial charge is 0.478 e. The summed E-state index contributed by atoms with van der Waals surface area (Å²) in [6.45, 7) is 7.09. The lowest BCUT2D eigenvalue weighted by atomic mass is 9.97. The van der Waals surface area contributed by atoms with Crippen LogP contribution < -0.4 is 10.6 Å². The van der Waals surface area contributed by atoms with Crippen LogP contribution in [-0.4, -0.2) is 12.5 Å². The van der Waals surface area contributed by atoms with Crippen LogP contribution in [0.25, 0.3) is 0 Å². The van der Waals surface area contributed by atoms with Gasteiger partial charge in [0.1, 0.15) is 12.6 Å². The van der Waals surface area contributed by atoms with Crippen LogP contribution in [0.3, 0.4) is 0 Å². The minimum absolute atomic E-state index is 0.0224. The van der Waals surface area contributed by atoms with Crippen molar-refractivity contribution in [3.05, 3.63) is 60.2 Å². The topological polar surface area (TPSA) is 21.6 Å². The average molecular weight is 311 g/mol. The van der Waals surface area contributed by atoms with E-state index in [9.17, 15) is 0 Å². The first-order valence-electron chi connectivity index (χ1n) is 7.66. The summed E-state index contributed by atoms with van der Waals surface area (Å²) in [5.74, 6) is 0.871. The number of hydrogen-bond donors (Lipinski definition) is 0. The van der Waals surface area contributed by atoms with E-state index in [0.29, 0.717) is 15.2 Å². The third-order valence-electron chi connectivity index (χ3n) is 3.67. The number of nitrogens with zero attached hydrogens (tertiary/aromatic N) is 1. The molecule has 0 amide bonds. The molecule has 0 bridgehead atoms. The van der Waals surface area contributed by atoms with Crippen molar-refractivity contribution in [1.82, 2.24) is 0 Å². The van der Waals surface area contributed by atoms with Crippen molar-refractivity contribution in [2.75, 3.05) is 6.61 Å². The molecule has 1 aliphatic rings. The highest BCUT2D eigenvalue weighted by Crippen LogP contribution is 2.30. The molecule has 3 rings (SSSR count). The molecule has 2 atom stereocenters. The van der Waals surface area contributed by atoms with Crippen molar-refractivity contribution in [2.24, 2.45) is 10.4 Å². The molecule has 0 saturated carbocycles. The zero-order valence-corrected chi connectivity index (χ0v) is 14.3. The molecule has 0 fully saturated rings. The van der Waals surface area contributed by atoms with Crippen LogP contribution in [0.5, 0.6) is 0 Å². The van der Waals surface area contributed by atoms with Crippen LogP contribution in [0.4, 0.5) is 0 Å². The Hall–Kier alpha value is -1.66. The normalized spacial score (nSPS) is 18.5. The highest BCUT2D eigenvalue weighted by Gasteiger charge is 2.29. The number of ether oxygens (including phenoxy) is 1. The monoisotopic (exact) mass is 311 g/mol.